The van der Waals surface area contributed by atoms with Crippen LogP contribution < -0.4 is 0 Å². The standard InChI is InChI=1S/C13H15ClN2O2S/c1-10-3-2-6-16(9-10)19(17,18)12-5-4-11(8-15)13(14)7-12/h4-5,7,10H,2-3,6,9H2,1H3. The molecule has 1 heterocycles. The van der Waals surface area contributed by atoms with Crippen LogP contribution in [0.15, 0.2) is 23.1 Å². The van der Waals surface area contributed by atoms with Gasteiger partial charge in [0.25, 0.3) is 0 Å². The summed E-state index contributed by atoms with van der Waals surface area (Å²) in [6.45, 7) is 3.14. The summed E-state index contributed by atoms with van der Waals surface area (Å²) in [5.74, 6) is 0.373. The molecule has 1 atom stereocenters. The lowest BCUT2D eigenvalue weighted by Crippen LogP contribution is -2.39. The van der Waals surface area contributed by atoms with Gasteiger partial charge in [0.1, 0.15) is 6.07 Å². The first kappa shape index (κ1) is 14.3. The summed E-state index contributed by atoms with van der Waals surface area (Å²) >= 11 is 5.90. The van der Waals surface area contributed by atoms with Gasteiger partial charge in [-0.2, -0.15) is 9.57 Å². The van der Waals surface area contributed by atoms with Gasteiger partial charge in [-0.05, 0) is 37.0 Å². The molecule has 0 amide bonds. The molecule has 0 aromatic heterocycles. The van der Waals surface area contributed by atoms with Crippen LogP contribution in [0.4, 0.5) is 0 Å². The lowest BCUT2D eigenvalue weighted by molar-refractivity contribution is 0.281. The smallest absolute Gasteiger partial charge is 0.207 e. The van der Waals surface area contributed by atoms with Crippen LogP contribution in [0.25, 0.3) is 0 Å². The Bertz CT molecular complexity index is 622. The molecule has 0 saturated carbocycles. The maximum Gasteiger partial charge on any atom is 0.243 e. The van der Waals surface area contributed by atoms with Gasteiger partial charge in [0.15, 0.2) is 0 Å². The molecule has 0 aliphatic carbocycles. The summed E-state index contributed by atoms with van der Waals surface area (Å²) in [4.78, 5) is 0.158. The second-order valence-corrected chi connectivity index (χ2v) is 7.21. The zero-order valence-corrected chi connectivity index (χ0v) is 12.2. The summed E-state index contributed by atoms with van der Waals surface area (Å²) in [5.41, 5.74) is 0.285. The number of rotatable bonds is 2. The molecule has 1 aliphatic heterocycles. The molecule has 1 saturated heterocycles. The Labute approximate surface area is 118 Å². The molecule has 0 spiro atoms. The molecule has 0 radical (unpaired) electrons. The van der Waals surface area contributed by atoms with E-state index >= 15 is 0 Å². The molecule has 0 bridgehead atoms. The lowest BCUT2D eigenvalue weighted by atomic mass is 10.0. The number of benzene rings is 1. The Hall–Kier alpha value is -1.09. The third-order valence-electron chi connectivity index (χ3n) is 3.32. The van der Waals surface area contributed by atoms with E-state index in [-0.39, 0.29) is 15.5 Å². The number of hydrogen-bond donors (Lipinski definition) is 0. The van der Waals surface area contributed by atoms with Crippen LogP contribution in [0.5, 0.6) is 0 Å². The minimum absolute atomic E-state index is 0.158. The van der Waals surface area contributed by atoms with Gasteiger partial charge in [-0.1, -0.05) is 18.5 Å². The van der Waals surface area contributed by atoms with Crippen LogP contribution in [-0.2, 0) is 10.0 Å². The maximum absolute atomic E-state index is 12.5. The van der Waals surface area contributed by atoms with Crippen molar-refractivity contribution in [3.63, 3.8) is 0 Å². The van der Waals surface area contributed by atoms with Gasteiger partial charge >= 0.3 is 0 Å². The van der Waals surface area contributed by atoms with E-state index in [9.17, 15) is 8.42 Å². The van der Waals surface area contributed by atoms with Gasteiger partial charge < -0.3 is 0 Å². The Morgan fingerprint density at radius 3 is 2.79 bits per heavy atom. The molecular weight excluding hydrogens is 284 g/mol. The van der Waals surface area contributed by atoms with Crippen LogP contribution in [0.2, 0.25) is 5.02 Å². The molecule has 19 heavy (non-hydrogen) atoms. The van der Waals surface area contributed by atoms with E-state index in [1.54, 1.807) is 0 Å². The molecule has 1 aliphatic rings. The summed E-state index contributed by atoms with van der Waals surface area (Å²) < 4.78 is 26.4. The quantitative estimate of drug-likeness (QED) is 0.843. The fourth-order valence-electron chi connectivity index (χ4n) is 2.26. The van der Waals surface area contributed by atoms with Crippen molar-refractivity contribution in [2.75, 3.05) is 13.1 Å². The van der Waals surface area contributed by atoms with E-state index in [1.165, 1.54) is 22.5 Å². The van der Waals surface area contributed by atoms with E-state index in [1.807, 2.05) is 13.0 Å². The molecule has 2 rings (SSSR count). The molecule has 1 fully saturated rings. The van der Waals surface area contributed by atoms with Crippen LogP contribution in [0.1, 0.15) is 25.3 Å². The van der Waals surface area contributed by atoms with Crippen LogP contribution in [0, 0.1) is 17.2 Å². The number of halogens is 1. The van der Waals surface area contributed by atoms with Crippen molar-refractivity contribution in [3.8, 4) is 6.07 Å². The topological polar surface area (TPSA) is 61.2 Å². The fraction of sp³-hybridized carbons (Fsp3) is 0.462. The molecule has 1 aromatic rings. The fourth-order valence-corrected chi connectivity index (χ4v) is 4.17. The highest BCUT2D eigenvalue weighted by atomic mass is 35.5. The Kier molecular flexibility index (Phi) is 4.14. The number of piperidine rings is 1. The zero-order chi connectivity index (χ0) is 14.0. The molecule has 1 aromatic carbocycles. The first-order valence-corrected chi connectivity index (χ1v) is 7.96. The highest BCUT2D eigenvalue weighted by Gasteiger charge is 2.28. The number of sulfonamides is 1. The molecule has 0 N–H and O–H groups in total. The Morgan fingerprint density at radius 1 is 1.47 bits per heavy atom. The summed E-state index contributed by atoms with van der Waals surface area (Å²) in [5, 5.41) is 8.98. The first-order valence-electron chi connectivity index (χ1n) is 6.15. The van der Waals surface area contributed by atoms with Crippen molar-refractivity contribution in [2.24, 2.45) is 5.92 Å². The number of nitriles is 1. The molecule has 6 heteroatoms. The predicted octanol–water partition coefficient (Wildman–Crippen LogP) is 2.63. The molecule has 102 valence electrons. The molecular formula is C13H15ClN2O2S. The van der Waals surface area contributed by atoms with E-state index < -0.39 is 10.0 Å². The second kappa shape index (κ2) is 5.49. The van der Waals surface area contributed by atoms with Crippen LogP contribution in [0.3, 0.4) is 0 Å². The lowest BCUT2D eigenvalue weighted by Gasteiger charge is -2.30. The van der Waals surface area contributed by atoms with Crippen molar-refractivity contribution in [1.29, 1.82) is 5.26 Å². The van der Waals surface area contributed by atoms with Gasteiger partial charge in [-0.25, -0.2) is 8.42 Å². The SMILES string of the molecule is CC1CCCN(S(=O)(=O)c2ccc(C#N)c(Cl)c2)C1. The van der Waals surface area contributed by atoms with Crippen molar-refractivity contribution in [1.82, 2.24) is 4.31 Å². The zero-order valence-electron chi connectivity index (χ0n) is 10.6. The van der Waals surface area contributed by atoms with Crippen molar-refractivity contribution in [3.05, 3.63) is 28.8 Å². The average molecular weight is 299 g/mol. The number of hydrogen-bond acceptors (Lipinski definition) is 3. The van der Waals surface area contributed by atoms with Crippen molar-refractivity contribution in [2.45, 2.75) is 24.7 Å². The number of nitrogens with zero attached hydrogens (tertiary/aromatic N) is 2. The van der Waals surface area contributed by atoms with Crippen molar-refractivity contribution < 1.29 is 8.42 Å². The van der Waals surface area contributed by atoms with Gasteiger partial charge in [0.2, 0.25) is 10.0 Å². The van der Waals surface area contributed by atoms with E-state index in [0.717, 1.165) is 12.8 Å². The predicted molar refractivity (Wildman–Crippen MR) is 73.3 cm³/mol. The van der Waals surface area contributed by atoms with Gasteiger partial charge in [0.05, 0.1) is 15.5 Å². The third kappa shape index (κ3) is 2.92. The normalized spacial score (nSPS) is 21.0. The Morgan fingerprint density at radius 2 is 2.21 bits per heavy atom. The van der Waals surface area contributed by atoms with Crippen LogP contribution in [-0.4, -0.2) is 25.8 Å². The van der Waals surface area contributed by atoms with E-state index in [4.69, 9.17) is 16.9 Å². The van der Waals surface area contributed by atoms with E-state index in [2.05, 4.69) is 0 Å². The first-order chi connectivity index (χ1) is 8.95. The Balaban J connectivity index is 2.34. The molecule has 1 unspecified atom stereocenters. The minimum atomic E-state index is -3.50. The summed E-state index contributed by atoms with van der Waals surface area (Å²) in [6.07, 6.45) is 1.94. The summed E-state index contributed by atoms with van der Waals surface area (Å²) in [7, 11) is -3.50. The maximum atomic E-state index is 12.5. The van der Waals surface area contributed by atoms with Gasteiger partial charge in [0, 0.05) is 13.1 Å². The highest BCUT2D eigenvalue weighted by molar-refractivity contribution is 7.89. The van der Waals surface area contributed by atoms with E-state index in [0.29, 0.717) is 19.0 Å². The monoisotopic (exact) mass is 298 g/mol. The summed E-state index contributed by atoms with van der Waals surface area (Å²) in [6, 6.07) is 6.17. The third-order valence-corrected chi connectivity index (χ3v) is 5.49. The van der Waals surface area contributed by atoms with Gasteiger partial charge in [-0.3, -0.25) is 0 Å². The largest absolute Gasteiger partial charge is 0.243 e. The average Bonchev–Trinajstić information content (AvgIpc) is 2.38. The van der Waals surface area contributed by atoms with Gasteiger partial charge in [-0.15, -0.1) is 0 Å². The van der Waals surface area contributed by atoms with Crippen molar-refractivity contribution >= 4 is 21.6 Å². The minimum Gasteiger partial charge on any atom is -0.207 e. The second-order valence-electron chi connectivity index (χ2n) is 4.86. The molecule has 4 nitrogen and oxygen atoms in total. The van der Waals surface area contributed by atoms with Crippen LogP contribution >= 0.6 is 11.6 Å². The highest BCUT2D eigenvalue weighted by Crippen LogP contribution is 2.26.